The lowest BCUT2D eigenvalue weighted by molar-refractivity contribution is 0.0302. The molecule has 26 heavy (non-hydrogen) atoms. The molecule has 0 spiro atoms. The Bertz CT molecular complexity index is 839. The minimum atomic E-state index is -3.89. The first-order valence-electron chi connectivity index (χ1n) is 9.10. The highest BCUT2D eigenvalue weighted by Crippen LogP contribution is 2.36. The monoisotopic (exact) mass is 378 g/mol. The molecule has 3 aliphatic rings. The minimum Gasteiger partial charge on any atom is -0.378 e. The van der Waals surface area contributed by atoms with Crippen molar-refractivity contribution in [3.8, 4) is 0 Å². The number of sulfonamides is 1. The molecule has 1 saturated heterocycles. The summed E-state index contributed by atoms with van der Waals surface area (Å²) in [7, 11) is -3.89. The standard InChI is InChI=1S/C18H22N2O5S/c21-17(19-8-10-25-11-9-19)13-6-7-15-16(12-13)26(23,24)20(18(15)22)14-4-2-1-3-5-14/h6-7,12,14H,1-5,8-11H2. The van der Waals surface area contributed by atoms with Gasteiger partial charge < -0.3 is 9.64 Å². The Hall–Kier alpha value is -1.93. The molecule has 1 aromatic carbocycles. The number of fused-ring (bicyclic) bond motifs is 1. The van der Waals surface area contributed by atoms with E-state index in [1.165, 1.54) is 12.1 Å². The molecule has 1 aromatic rings. The van der Waals surface area contributed by atoms with Crippen LogP contribution >= 0.6 is 0 Å². The maximum absolute atomic E-state index is 13.0. The van der Waals surface area contributed by atoms with E-state index in [9.17, 15) is 18.0 Å². The number of benzene rings is 1. The van der Waals surface area contributed by atoms with Crippen LogP contribution in [0.2, 0.25) is 0 Å². The van der Waals surface area contributed by atoms with Gasteiger partial charge >= 0.3 is 0 Å². The van der Waals surface area contributed by atoms with Gasteiger partial charge in [0.1, 0.15) is 4.90 Å². The van der Waals surface area contributed by atoms with Gasteiger partial charge in [0.05, 0.1) is 18.8 Å². The number of hydrogen-bond donors (Lipinski definition) is 0. The fourth-order valence-electron chi connectivity index (χ4n) is 4.01. The zero-order chi connectivity index (χ0) is 18.3. The second-order valence-electron chi connectivity index (χ2n) is 7.01. The van der Waals surface area contributed by atoms with Crippen molar-refractivity contribution >= 4 is 21.8 Å². The van der Waals surface area contributed by atoms with E-state index in [2.05, 4.69) is 0 Å². The summed E-state index contributed by atoms with van der Waals surface area (Å²) in [5.74, 6) is -0.688. The number of ether oxygens (including phenoxy) is 1. The number of amides is 2. The summed E-state index contributed by atoms with van der Waals surface area (Å²) in [6, 6.07) is 4.12. The van der Waals surface area contributed by atoms with Gasteiger partial charge in [-0.2, -0.15) is 0 Å². The van der Waals surface area contributed by atoms with Crippen molar-refractivity contribution in [1.82, 2.24) is 9.21 Å². The second kappa shape index (κ2) is 6.66. The molecular weight excluding hydrogens is 356 g/mol. The Kier molecular flexibility index (Phi) is 4.48. The molecule has 2 heterocycles. The number of carbonyl (C=O) groups excluding carboxylic acids is 2. The van der Waals surface area contributed by atoms with Crippen LogP contribution in [0, 0.1) is 0 Å². The van der Waals surface area contributed by atoms with Crippen LogP contribution in [0.1, 0.15) is 52.8 Å². The van der Waals surface area contributed by atoms with Gasteiger partial charge in [0.15, 0.2) is 0 Å². The van der Waals surface area contributed by atoms with Crippen molar-refractivity contribution in [2.75, 3.05) is 26.3 Å². The lowest BCUT2D eigenvalue weighted by Gasteiger charge is -2.29. The lowest BCUT2D eigenvalue weighted by atomic mass is 9.95. The Balaban J connectivity index is 1.66. The van der Waals surface area contributed by atoms with Crippen molar-refractivity contribution in [3.05, 3.63) is 29.3 Å². The molecule has 140 valence electrons. The van der Waals surface area contributed by atoms with Gasteiger partial charge in [0, 0.05) is 24.7 Å². The first kappa shape index (κ1) is 17.5. The molecule has 7 nitrogen and oxygen atoms in total. The molecule has 2 amide bonds. The van der Waals surface area contributed by atoms with Crippen molar-refractivity contribution < 1.29 is 22.7 Å². The summed E-state index contributed by atoms with van der Waals surface area (Å²) >= 11 is 0. The zero-order valence-electron chi connectivity index (χ0n) is 14.5. The van der Waals surface area contributed by atoms with Crippen LogP contribution in [-0.4, -0.2) is 61.8 Å². The summed E-state index contributed by atoms with van der Waals surface area (Å²) in [6.45, 7) is 1.91. The quantitative estimate of drug-likeness (QED) is 0.781. The number of morpholine rings is 1. The molecule has 1 saturated carbocycles. The van der Waals surface area contributed by atoms with Crippen LogP contribution in [0.15, 0.2) is 23.1 Å². The Labute approximate surface area is 153 Å². The summed E-state index contributed by atoms with van der Waals surface area (Å²) in [6.07, 6.45) is 4.35. The summed E-state index contributed by atoms with van der Waals surface area (Å²) in [4.78, 5) is 27.0. The number of carbonyl (C=O) groups is 2. The molecule has 0 N–H and O–H groups in total. The van der Waals surface area contributed by atoms with E-state index in [1.807, 2.05) is 0 Å². The van der Waals surface area contributed by atoms with E-state index in [0.717, 1.165) is 23.6 Å². The zero-order valence-corrected chi connectivity index (χ0v) is 15.3. The third kappa shape index (κ3) is 2.81. The molecule has 0 unspecified atom stereocenters. The average molecular weight is 378 g/mol. The third-order valence-corrected chi connectivity index (χ3v) is 7.28. The largest absolute Gasteiger partial charge is 0.378 e. The van der Waals surface area contributed by atoms with Crippen LogP contribution in [-0.2, 0) is 14.8 Å². The number of nitrogens with zero attached hydrogens (tertiary/aromatic N) is 2. The highest BCUT2D eigenvalue weighted by atomic mass is 32.2. The maximum atomic E-state index is 13.0. The molecule has 0 aromatic heterocycles. The van der Waals surface area contributed by atoms with E-state index in [4.69, 9.17) is 4.74 Å². The molecule has 2 aliphatic heterocycles. The first-order valence-corrected chi connectivity index (χ1v) is 10.5. The van der Waals surface area contributed by atoms with Gasteiger partial charge in [0.25, 0.3) is 21.8 Å². The Morgan fingerprint density at radius 2 is 1.77 bits per heavy atom. The lowest BCUT2D eigenvalue weighted by Crippen LogP contribution is -2.41. The fraction of sp³-hybridized carbons (Fsp3) is 0.556. The first-order chi connectivity index (χ1) is 12.5. The molecule has 1 aliphatic carbocycles. The molecule has 0 bridgehead atoms. The van der Waals surface area contributed by atoms with Gasteiger partial charge in [-0.05, 0) is 31.0 Å². The fourth-order valence-corrected chi connectivity index (χ4v) is 5.85. The van der Waals surface area contributed by atoms with Crippen molar-refractivity contribution in [1.29, 1.82) is 0 Å². The molecular formula is C18H22N2O5S. The predicted molar refractivity (Wildman–Crippen MR) is 93.4 cm³/mol. The van der Waals surface area contributed by atoms with E-state index >= 15 is 0 Å². The van der Waals surface area contributed by atoms with Crippen molar-refractivity contribution in [2.24, 2.45) is 0 Å². The van der Waals surface area contributed by atoms with Gasteiger partial charge in [-0.1, -0.05) is 19.3 Å². The van der Waals surface area contributed by atoms with Gasteiger partial charge in [-0.15, -0.1) is 0 Å². The van der Waals surface area contributed by atoms with Gasteiger partial charge in [-0.3, -0.25) is 9.59 Å². The van der Waals surface area contributed by atoms with E-state index in [-0.39, 0.29) is 22.4 Å². The summed E-state index contributed by atoms with van der Waals surface area (Å²) in [5.41, 5.74) is 0.474. The Morgan fingerprint density at radius 3 is 2.46 bits per heavy atom. The van der Waals surface area contributed by atoms with Crippen molar-refractivity contribution in [2.45, 2.75) is 43.0 Å². The van der Waals surface area contributed by atoms with E-state index in [1.54, 1.807) is 11.0 Å². The molecule has 4 rings (SSSR count). The summed E-state index contributed by atoms with van der Waals surface area (Å²) in [5, 5.41) is 0. The van der Waals surface area contributed by atoms with Crippen molar-refractivity contribution in [3.63, 3.8) is 0 Å². The maximum Gasteiger partial charge on any atom is 0.269 e. The Morgan fingerprint density at radius 1 is 1.08 bits per heavy atom. The van der Waals surface area contributed by atoms with Crippen LogP contribution in [0.25, 0.3) is 0 Å². The molecule has 0 atom stereocenters. The van der Waals surface area contributed by atoms with Gasteiger partial charge in [-0.25, -0.2) is 12.7 Å². The molecule has 2 fully saturated rings. The SMILES string of the molecule is O=C(c1ccc2c(c1)S(=O)(=O)N(C1CCCCC1)C2=O)N1CCOCC1. The average Bonchev–Trinajstić information content (AvgIpc) is 2.88. The van der Waals surface area contributed by atoms with E-state index < -0.39 is 15.9 Å². The highest BCUT2D eigenvalue weighted by molar-refractivity contribution is 7.90. The van der Waals surface area contributed by atoms with Crippen LogP contribution in [0.4, 0.5) is 0 Å². The number of hydrogen-bond acceptors (Lipinski definition) is 5. The minimum absolute atomic E-state index is 0.0350. The summed E-state index contributed by atoms with van der Waals surface area (Å²) < 4.78 is 32.3. The smallest absolute Gasteiger partial charge is 0.269 e. The number of rotatable bonds is 2. The topological polar surface area (TPSA) is 84.0 Å². The van der Waals surface area contributed by atoms with Gasteiger partial charge in [0.2, 0.25) is 0 Å². The van der Waals surface area contributed by atoms with Crippen LogP contribution < -0.4 is 0 Å². The highest BCUT2D eigenvalue weighted by Gasteiger charge is 2.45. The molecule has 0 radical (unpaired) electrons. The van der Waals surface area contributed by atoms with Crippen LogP contribution in [0.5, 0.6) is 0 Å². The third-order valence-electron chi connectivity index (χ3n) is 5.40. The predicted octanol–water partition coefficient (Wildman–Crippen LogP) is 1.64. The van der Waals surface area contributed by atoms with E-state index in [0.29, 0.717) is 44.7 Å². The normalized spacial score (nSPS) is 23.2. The van der Waals surface area contributed by atoms with Crippen LogP contribution in [0.3, 0.4) is 0 Å². The molecule has 8 heteroatoms. The second-order valence-corrected chi connectivity index (χ2v) is 8.80.